The molecule has 0 heterocycles. The van der Waals surface area contributed by atoms with E-state index in [1.165, 1.54) is 24.3 Å². The van der Waals surface area contributed by atoms with Crippen LogP contribution < -0.4 is 5.32 Å². The van der Waals surface area contributed by atoms with Crippen molar-refractivity contribution in [3.8, 4) is 0 Å². The first-order chi connectivity index (χ1) is 12.4. The van der Waals surface area contributed by atoms with Crippen LogP contribution in [0.4, 0.5) is 5.69 Å². The molecule has 1 amide bonds. The zero-order valence-corrected chi connectivity index (χ0v) is 16.4. The Morgan fingerprint density at radius 3 is 2.58 bits per heavy atom. The van der Waals surface area contributed by atoms with Gasteiger partial charge in [0, 0.05) is 28.1 Å². The highest BCUT2D eigenvalue weighted by molar-refractivity contribution is 9.10. The number of rotatable bonds is 7. The number of nitrogens with one attached hydrogen (secondary N) is 1. The van der Waals surface area contributed by atoms with Crippen LogP contribution in [0, 0.1) is 10.1 Å². The van der Waals surface area contributed by atoms with Crippen LogP contribution in [0.5, 0.6) is 0 Å². The van der Waals surface area contributed by atoms with Crippen LogP contribution in [0.15, 0.2) is 62.8 Å². The number of hydrogen-bond donors (Lipinski definition) is 1. The average Bonchev–Trinajstić information content (AvgIpc) is 2.64. The molecule has 0 saturated heterocycles. The molecule has 6 nitrogen and oxygen atoms in total. The van der Waals surface area contributed by atoms with E-state index >= 15 is 0 Å². The van der Waals surface area contributed by atoms with Gasteiger partial charge in [-0.3, -0.25) is 14.9 Å². The van der Waals surface area contributed by atoms with Crippen molar-refractivity contribution in [3.05, 3.63) is 68.7 Å². The summed E-state index contributed by atoms with van der Waals surface area (Å²) in [4.78, 5) is 23.0. The summed E-state index contributed by atoms with van der Waals surface area (Å²) in [6.07, 6.45) is 3.63. The molecule has 1 unspecified atom stereocenters. The Morgan fingerprint density at radius 2 is 1.96 bits per heavy atom. The second-order valence-electron chi connectivity index (χ2n) is 5.33. The molecular formula is C18H17BrN2O4S. The van der Waals surface area contributed by atoms with Gasteiger partial charge in [-0.15, -0.1) is 0 Å². The SMILES string of the molecule is CCCNC(=O)/C=C/c1ccc(S(=O)c2ccc(Br)cc2)c([N+](=O)[O-])c1. The highest BCUT2D eigenvalue weighted by Gasteiger charge is 2.20. The first-order valence-corrected chi connectivity index (χ1v) is 9.78. The molecule has 2 aromatic rings. The normalized spacial score (nSPS) is 12.1. The smallest absolute Gasteiger partial charge is 0.286 e. The lowest BCUT2D eigenvalue weighted by molar-refractivity contribution is -0.387. The monoisotopic (exact) mass is 436 g/mol. The fraction of sp³-hybridized carbons (Fsp3) is 0.167. The van der Waals surface area contributed by atoms with Gasteiger partial charge in [0.15, 0.2) is 0 Å². The minimum absolute atomic E-state index is 0.116. The van der Waals surface area contributed by atoms with Crippen molar-refractivity contribution in [2.45, 2.75) is 23.1 Å². The van der Waals surface area contributed by atoms with Crippen molar-refractivity contribution in [1.29, 1.82) is 0 Å². The molecule has 136 valence electrons. The summed E-state index contributed by atoms with van der Waals surface area (Å²) < 4.78 is 13.5. The molecule has 0 aromatic heterocycles. The minimum atomic E-state index is -1.68. The molecule has 0 aliphatic carbocycles. The van der Waals surface area contributed by atoms with Gasteiger partial charge in [0.25, 0.3) is 5.69 Å². The summed E-state index contributed by atoms with van der Waals surface area (Å²) >= 11 is 3.30. The summed E-state index contributed by atoms with van der Waals surface area (Å²) in [5.74, 6) is -0.267. The van der Waals surface area contributed by atoms with Crippen LogP contribution in [0.1, 0.15) is 18.9 Å². The molecule has 0 bridgehead atoms. The summed E-state index contributed by atoms with van der Waals surface area (Å²) in [5, 5.41) is 14.1. The third-order valence-electron chi connectivity index (χ3n) is 3.38. The number of carbonyl (C=O) groups excluding carboxylic acids is 1. The lowest BCUT2D eigenvalue weighted by atomic mass is 10.2. The van der Waals surface area contributed by atoms with Gasteiger partial charge in [-0.25, -0.2) is 4.21 Å². The molecule has 0 radical (unpaired) electrons. The Kier molecular flexibility index (Phi) is 7.23. The third-order valence-corrected chi connectivity index (χ3v) is 5.36. The standard InChI is InChI=1S/C18H17BrN2O4S/c1-2-11-20-18(22)10-4-13-3-9-17(16(12-13)21(23)24)26(25)15-7-5-14(19)6-8-15/h3-10,12H,2,11H2,1H3,(H,20,22)/b10-4+. The van der Waals surface area contributed by atoms with Crippen LogP contribution >= 0.6 is 15.9 Å². The second-order valence-corrected chi connectivity index (χ2v) is 7.70. The fourth-order valence-corrected chi connectivity index (χ4v) is 3.52. The zero-order chi connectivity index (χ0) is 19.1. The van der Waals surface area contributed by atoms with E-state index in [0.717, 1.165) is 10.9 Å². The lowest BCUT2D eigenvalue weighted by Gasteiger charge is -2.05. The van der Waals surface area contributed by atoms with E-state index < -0.39 is 15.7 Å². The van der Waals surface area contributed by atoms with Crippen molar-refractivity contribution in [2.24, 2.45) is 0 Å². The van der Waals surface area contributed by atoms with Crippen molar-refractivity contribution in [1.82, 2.24) is 5.32 Å². The van der Waals surface area contributed by atoms with Crippen molar-refractivity contribution in [3.63, 3.8) is 0 Å². The first kappa shape index (κ1) is 20.0. The number of hydrogen-bond acceptors (Lipinski definition) is 4. The van der Waals surface area contributed by atoms with Crippen molar-refractivity contribution < 1.29 is 13.9 Å². The Morgan fingerprint density at radius 1 is 1.27 bits per heavy atom. The van der Waals surface area contributed by atoms with E-state index in [4.69, 9.17) is 0 Å². The van der Waals surface area contributed by atoms with Gasteiger partial charge in [0.1, 0.15) is 4.90 Å². The number of nitro groups is 1. The Hall–Kier alpha value is -2.32. The number of halogens is 1. The van der Waals surface area contributed by atoms with Gasteiger partial charge < -0.3 is 5.32 Å². The Labute approximate surface area is 162 Å². The highest BCUT2D eigenvalue weighted by Crippen LogP contribution is 2.28. The Bertz CT molecular complexity index is 866. The average molecular weight is 437 g/mol. The molecule has 2 rings (SSSR count). The predicted octanol–water partition coefficient (Wildman–Crippen LogP) is 4.06. The Balaban J connectivity index is 2.30. The largest absolute Gasteiger partial charge is 0.353 e. The third kappa shape index (κ3) is 5.34. The van der Waals surface area contributed by atoms with Crippen LogP contribution in [-0.4, -0.2) is 21.6 Å². The number of carbonyl (C=O) groups is 1. The van der Waals surface area contributed by atoms with E-state index in [1.54, 1.807) is 30.3 Å². The van der Waals surface area contributed by atoms with E-state index in [9.17, 15) is 19.1 Å². The molecule has 0 spiro atoms. The molecule has 26 heavy (non-hydrogen) atoms. The van der Waals surface area contributed by atoms with E-state index in [1.807, 2.05) is 6.92 Å². The molecule has 1 N–H and O–H groups in total. The number of nitrogens with zero attached hydrogens (tertiary/aromatic N) is 1. The number of amides is 1. The molecule has 8 heteroatoms. The van der Waals surface area contributed by atoms with E-state index in [0.29, 0.717) is 17.0 Å². The first-order valence-electron chi connectivity index (χ1n) is 7.84. The molecule has 0 saturated carbocycles. The summed E-state index contributed by atoms with van der Waals surface area (Å²) in [6, 6.07) is 11.1. The summed E-state index contributed by atoms with van der Waals surface area (Å²) in [5.41, 5.74) is 0.238. The van der Waals surface area contributed by atoms with E-state index in [2.05, 4.69) is 21.2 Å². The minimum Gasteiger partial charge on any atom is -0.353 e. The highest BCUT2D eigenvalue weighted by atomic mass is 79.9. The molecule has 2 aromatic carbocycles. The van der Waals surface area contributed by atoms with Crippen molar-refractivity contribution in [2.75, 3.05) is 6.54 Å². The van der Waals surface area contributed by atoms with E-state index in [-0.39, 0.29) is 16.5 Å². The van der Waals surface area contributed by atoms with Crippen LogP contribution in [0.25, 0.3) is 6.08 Å². The van der Waals surface area contributed by atoms with Crippen LogP contribution in [-0.2, 0) is 15.6 Å². The fourth-order valence-electron chi connectivity index (χ4n) is 2.10. The zero-order valence-electron chi connectivity index (χ0n) is 14.0. The molecule has 1 atom stereocenters. The maximum absolute atomic E-state index is 12.7. The van der Waals surface area contributed by atoms with Gasteiger partial charge in [-0.2, -0.15) is 0 Å². The number of nitro benzene ring substituents is 1. The van der Waals surface area contributed by atoms with Crippen molar-refractivity contribution >= 4 is 44.4 Å². The second kappa shape index (κ2) is 9.40. The maximum Gasteiger partial charge on any atom is 0.286 e. The molecule has 0 aliphatic heterocycles. The maximum atomic E-state index is 12.7. The van der Waals surface area contributed by atoms with Gasteiger partial charge >= 0.3 is 0 Å². The molecular weight excluding hydrogens is 420 g/mol. The van der Waals surface area contributed by atoms with Gasteiger partial charge in [0.2, 0.25) is 5.91 Å². The lowest BCUT2D eigenvalue weighted by Crippen LogP contribution is -2.21. The summed E-state index contributed by atoms with van der Waals surface area (Å²) in [6.45, 7) is 2.51. The quantitative estimate of drug-likeness (QED) is 0.402. The van der Waals surface area contributed by atoms with Gasteiger partial charge in [-0.1, -0.05) is 28.9 Å². The van der Waals surface area contributed by atoms with Crippen LogP contribution in [0.2, 0.25) is 0 Å². The number of benzene rings is 2. The van der Waals surface area contributed by atoms with Gasteiger partial charge in [-0.05, 0) is 48.4 Å². The van der Waals surface area contributed by atoms with Gasteiger partial charge in [0.05, 0.1) is 15.7 Å². The molecule has 0 aliphatic rings. The summed E-state index contributed by atoms with van der Waals surface area (Å²) in [7, 11) is -1.68. The van der Waals surface area contributed by atoms with Crippen LogP contribution in [0.3, 0.4) is 0 Å². The predicted molar refractivity (Wildman–Crippen MR) is 104 cm³/mol. The topological polar surface area (TPSA) is 89.3 Å². The molecule has 0 fully saturated rings.